The minimum atomic E-state index is -4.47. The van der Waals surface area contributed by atoms with Crippen molar-refractivity contribution in [2.75, 3.05) is 18.9 Å². The third-order valence-electron chi connectivity index (χ3n) is 4.45. The Morgan fingerprint density at radius 1 is 1.23 bits per heavy atom. The summed E-state index contributed by atoms with van der Waals surface area (Å²) in [5.74, 6) is -0.0811. The predicted molar refractivity (Wildman–Crippen MR) is 106 cm³/mol. The number of alkyl halides is 3. The summed E-state index contributed by atoms with van der Waals surface area (Å²) < 4.78 is 43.9. The molecule has 0 radical (unpaired) electrons. The molecule has 0 saturated heterocycles. The van der Waals surface area contributed by atoms with Crippen molar-refractivity contribution in [3.05, 3.63) is 65.0 Å². The Morgan fingerprint density at radius 3 is 2.67 bits per heavy atom. The lowest BCUT2D eigenvalue weighted by molar-refractivity contribution is -0.137. The van der Waals surface area contributed by atoms with Crippen LogP contribution in [0.3, 0.4) is 0 Å². The summed E-state index contributed by atoms with van der Waals surface area (Å²) in [7, 11) is 1.69. The van der Waals surface area contributed by atoms with Gasteiger partial charge < -0.3 is 9.84 Å². The van der Waals surface area contributed by atoms with Crippen LogP contribution in [-0.4, -0.2) is 34.5 Å². The van der Waals surface area contributed by atoms with Crippen molar-refractivity contribution in [2.24, 2.45) is 0 Å². The number of para-hydroxylation sites is 1. The summed E-state index contributed by atoms with van der Waals surface area (Å²) in [5, 5.41) is 6.91. The lowest BCUT2D eigenvalue weighted by atomic mass is 10.1. The van der Waals surface area contributed by atoms with E-state index in [2.05, 4.69) is 15.5 Å². The van der Waals surface area contributed by atoms with Gasteiger partial charge in [0.25, 0.3) is 0 Å². The molecule has 1 N–H and O–H groups in total. The van der Waals surface area contributed by atoms with Crippen LogP contribution in [-0.2, 0) is 11.0 Å². The average Bonchev–Trinajstić information content (AvgIpc) is 3.19. The molecule has 0 fully saturated rings. The third-order valence-corrected chi connectivity index (χ3v) is 4.78. The lowest BCUT2D eigenvalue weighted by Crippen LogP contribution is -2.32. The van der Waals surface area contributed by atoms with Crippen LogP contribution in [0.2, 0.25) is 5.02 Å². The Balaban J connectivity index is 1.68. The van der Waals surface area contributed by atoms with E-state index >= 15 is 0 Å². The number of amides is 1. The number of anilines is 1. The molecule has 30 heavy (non-hydrogen) atoms. The Morgan fingerprint density at radius 2 is 1.97 bits per heavy atom. The maximum Gasteiger partial charge on any atom is 0.416 e. The maximum atomic E-state index is 12.9. The fourth-order valence-electron chi connectivity index (χ4n) is 2.66. The van der Waals surface area contributed by atoms with Crippen molar-refractivity contribution in [3.63, 3.8) is 0 Å². The van der Waals surface area contributed by atoms with E-state index < -0.39 is 17.8 Å². The molecule has 3 rings (SSSR count). The van der Waals surface area contributed by atoms with Gasteiger partial charge in [0.1, 0.15) is 0 Å². The zero-order valence-corrected chi connectivity index (χ0v) is 16.8. The molecule has 1 heterocycles. The number of hydrogen-bond donors (Lipinski definition) is 1. The highest BCUT2D eigenvalue weighted by Crippen LogP contribution is 2.32. The van der Waals surface area contributed by atoms with E-state index in [9.17, 15) is 18.0 Å². The summed E-state index contributed by atoms with van der Waals surface area (Å²) in [6.45, 7) is 1.75. The van der Waals surface area contributed by atoms with Gasteiger partial charge in [-0.2, -0.15) is 18.2 Å². The van der Waals surface area contributed by atoms with E-state index in [4.69, 9.17) is 16.1 Å². The van der Waals surface area contributed by atoms with Crippen LogP contribution in [0.4, 0.5) is 18.9 Å². The normalized spacial score (nSPS) is 12.8. The van der Waals surface area contributed by atoms with Crippen LogP contribution >= 0.6 is 11.6 Å². The van der Waals surface area contributed by atoms with Crippen LogP contribution < -0.4 is 5.32 Å². The monoisotopic (exact) mass is 438 g/mol. The maximum absolute atomic E-state index is 12.9. The summed E-state index contributed by atoms with van der Waals surface area (Å²) in [6.07, 6.45) is -4.47. The highest BCUT2D eigenvalue weighted by molar-refractivity contribution is 6.33. The van der Waals surface area contributed by atoms with Gasteiger partial charge in [0.05, 0.1) is 28.9 Å². The Kier molecular flexibility index (Phi) is 6.42. The third kappa shape index (κ3) is 5.17. The molecular weight excluding hydrogens is 421 g/mol. The zero-order valence-electron chi connectivity index (χ0n) is 16.1. The Hall–Kier alpha value is -2.91. The van der Waals surface area contributed by atoms with Crippen LogP contribution in [0, 0.1) is 0 Å². The number of hydrogen-bond acceptors (Lipinski definition) is 5. The van der Waals surface area contributed by atoms with E-state index in [0.717, 1.165) is 12.1 Å². The first-order chi connectivity index (χ1) is 14.1. The molecule has 10 heteroatoms. The van der Waals surface area contributed by atoms with Crippen molar-refractivity contribution in [3.8, 4) is 11.4 Å². The summed E-state index contributed by atoms with van der Waals surface area (Å²) in [6, 6.07) is 11.1. The molecule has 3 aromatic rings. The van der Waals surface area contributed by atoms with Gasteiger partial charge >= 0.3 is 6.18 Å². The zero-order chi connectivity index (χ0) is 21.9. The fraction of sp³-hybridized carbons (Fsp3) is 0.250. The summed E-state index contributed by atoms with van der Waals surface area (Å²) in [4.78, 5) is 18.1. The largest absolute Gasteiger partial charge is 0.416 e. The quantitative estimate of drug-likeness (QED) is 0.583. The number of nitrogens with zero attached hydrogens (tertiary/aromatic N) is 3. The molecule has 1 unspecified atom stereocenters. The smallest absolute Gasteiger partial charge is 0.337 e. The molecule has 1 atom stereocenters. The van der Waals surface area contributed by atoms with Crippen molar-refractivity contribution in [1.82, 2.24) is 15.0 Å². The molecular formula is C20H18ClF3N4O2. The van der Waals surface area contributed by atoms with Gasteiger partial charge in [-0.15, -0.1) is 0 Å². The van der Waals surface area contributed by atoms with Gasteiger partial charge in [0.15, 0.2) is 0 Å². The van der Waals surface area contributed by atoms with Crippen molar-refractivity contribution in [2.45, 2.75) is 19.1 Å². The SMILES string of the molecule is CC(c1nc(-c2cccc(C(F)(F)F)c2)no1)N(C)CC(=O)Nc1ccccc1Cl. The highest BCUT2D eigenvalue weighted by Gasteiger charge is 2.31. The van der Waals surface area contributed by atoms with E-state index in [1.54, 1.807) is 43.1 Å². The van der Waals surface area contributed by atoms with Crippen LogP contribution in [0.5, 0.6) is 0 Å². The van der Waals surface area contributed by atoms with E-state index in [0.29, 0.717) is 10.7 Å². The summed E-state index contributed by atoms with van der Waals surface area (Å²) >= 11 is 6.03. The average molecular weight is 439 g/mol. The highest BCUT2D eigenvalue weighted by atomic mass is 35.5. The molecule has 0 saturated carbocycles. The molecule has 1 aromatic heterocycles. The first kappa shape index (κ1) is 21.8. The molecule has 6 nitrogen and oxygen atoms in total. The van der Waals surface area contributed by atoms with Gasteiger partial charge in [-0.05, 0) is 38.2 Å². The minimum absolute atomic E-state index is 0.00760. The van der Waals surface area contributed by atoms with Crippen LogP contribution in [0.1, 0.15) is 24.4 Å². The van der Waals surface area contributed by atoms with E-state index in [-0.39, 0.29) is 29.7 Å². The number of nitrogens with one attached hydrogen (secondary N) is 1. The second-order valence-electron chi connectivity index (χ2n) is 6.65. The molecule has 1 amide bonds. The number of likely N-dealkylation sites (N-methyl/N-ethyl adjacent to an activating group) is 1. The van der Waals surface area contributed by atoms with Crippen molar-refractivity contribution < 1.29 is 22.5 Å². The summed E-state index contributed by atoms with van der Waals surface area (Å²) in [5.41, 5.74) is -0.117. The molecule has 0 aliphatic heterocycles. The fourth-order valence-corrected chi connectivity index (χ4v) is 2.84. The molecule has 2 aromatic carbocycles. The van der Waals surface area contributed by atoms with Gasteiger partial charge in [0, 0.05) is 5.56 Å². The van der Waals surface area contributed by atoms with Crippen molar-refractivity contribution >= 4 is 23.2 Å². The first-order valence-corrected chi connectivity index (χ1v) is 9.29. The van der Waals surface area contributed by atoms with E-state index in [1.807, 2.05) is 0 Å². The molecule has 0 bridgehead atoms. The Bertz CT molecular complexity index is 1040. The number of carbonyl (C=O) groups is 1. The van der Waals surface area contributed by atoms with Gasteiger partial charge in [0.2, 0.25) is 17.6 Å². The molecule has 0 aliphatic carbocycles. The molecule has 0 spiro atoms. The number of rotatable bonds is 6. The minimum Gasteiger partial charge on any atom is -0.337 e. The van der Waals surface area contributed by atoms with Gasteiger partial charge in [-0.25, -0.2) is 0 Å². The molecule has 0 aliphatic rings. The van der Waals surface area contributed by atoms with Gasteiger partial charge in [-0.1, -0.05) is 41.0 Å². The standard InChI is InChI=1S/C20H18ClF3N4O2/c1-12(28(2)11-17(29)25-16-9-4-3-8-15(16)21)19-26-18(27-30-19)13-6-5-7-14(10-13)20(22,23)24/h3-10,12H,11H2,1-2H3,(H,25,29). The lowest BCUT2D eigenvalue weighted by Gasteiger charge is -2.21. The Labute approximate surface area is 175 Å². The number of benzene rings is 2. The number of halogens is 4. The number of carbonyl (C=O) groups excluding carboxylic acids is 1. The van der Waals surface area contributed by atoms with E-state index in [1.165, 1.54) is 12.1 Å². The second kappa shape index (κ2) is 8.85. The molecule has 158 valence electrons. The number of aromatic nitrogens is 2. The van der Waals surface area contributed by atoms with Crippen molar-refractivity contribution in [1.29, 1.82) is 0 Å². The predicted octanol–water partition coefficient (Wildman–Crippen LogP) is 5.04. The van der Waals surface area contributed by atoms with Gasteiger partial charge in [-0.3, -0.25) is 9.69 Å². The van der Waals surface area contributed by atoms with Crippen LogP contribution in [0.25, 0.3) is 11.4 Å². The topological polar surface area (TPSA) is 71.3 Å². The first-order valence-electron chi connectivity index (χ1n) is 8.91. The van der Waals surface area contributed by atoms with Crippen LogP contribution in [0.15, 0.2) is 53.1 Å². The second-order valence-corrected chi connectivity index (χ2v) is 7.06.